The van der Waals surface area contributed by atoms with E-state index in [1.54, 1.807) is 30.3 Å². The fourth-order valence-corrected chi connectivity index (χ4v) is 1.24. The number of carboxylic acids is 1. The van der Waals surface area contributed by atoms with Crippen molar-refractivity contribution in [3.05, 3.63) is 35.9 Å². The van der Waals surface area contributed by atoms with Crippen LogP contribution in [0.15, 0.2) is 30.3 Å². The molecule has 1 aromatic carbocycles. The Morgan fingerprint density at radius 2 is 1.94 bits per heavy atom. The number of carbonyl (C=O) groups is 2. The van der Waals surface area contributed by atoms with Crippen molar-refractivity contribution in [2.75, 3.05) is 0 Å². The highest BCUT2D eigenvalue weighted by Crippen LogP contribution is 2.18. The second kappa shape index (κ2) is 4.99. The van der Waals surface area contributed by atoms with Gasteiger partial charge in [-0.1, -0.05) is 51.0 Å². The second-order valence-corrected chi connectivity index (χ2v) is 4.28. The molecule has 0 unspecified atom stereocenters. The molecule has 1 rings (SSSR count). The third-order valence-corrected chi connectivity index (χ3v) is 2.22. The molecule has 0 aromatic heterocycles. The molecular weight excluding hydrogens is 218 g/mol. The summed E-state index contributed by atoms with van der Waals surface area (Å²) in [5.74, 6) is -2.07. The highest BCUT2D eigenvalue weighted by molar-refractivity contribution is 5.87. The number of hydrogen-bond acceptors (Lipinski definition) is 2. The number of aliphatic carboxylic acids is 1. The fraction of sp³-hybridized carbons (Fsp3) is 0.385. The monoisotopic (exact) mass is 238 g/mol. The SMILES string of the molecule is [2H]C([2H])([2H])C(C)(C)C(=O)N[C@@H](C(=O)O)c1ccccc1. The smallest absolute Gasteiger partial charge is 0.330 e. The van der Waals surface area contributed by atoms with Crippen LogP contribution in [0, 0.1) is 5.41 Å². The summed E-state index contributed by atoms with van der Waals surface area (Å²) in [4.78, 5) is 23.3. The van der Waals surface area contributed by atoms with Gasteiger partial charge < -0.3 is 10.4 Å². The third kappa shape index (κ3) is 3.59. The molecule has 0 bridgehead atoms. The summed E-state index contributed by atoms with van der Waals surface area (Å²) in [5, 5.41) is 11.5. The van der Waals surface area contributed by atoms with E-state index in [0.29, 0.717) is 5.56 Å². The first-order valence-electron chi connectivity index (χ1n) is 6.66. The van der Waals surface area contributed by atoms with E-state index < -0.39 is 30.2 Å². The van der Waals surface area contributed by atoms with E-state index in [0.717, 1.165) is 0 Å². The van der Waals surface area contributed by atoms with E-state index in [-0.39, 0.29) is 0 Å². The van der Waals surface area contributed by atoms with Gasteiger partial charge in [-0.05, 0) is 5.56 Å². The predicted molar refractivity (Wildman–Crippen MR) is 64.4 cm³/mol. The molecule has 0 aliphatic carbocycles. The molecule has 1 atom stereocenters. The lowest BCUT2D eigenvalue weighted by Gasteiger charge is -2.22. The first-order valence-corrected chi connectivity index (χ1v) is 5.16. The highest BCUT2D eigenvalue weighted by atomic mass is 16.4. The van der Waals surface area contributed by atoms with Gasteiger partial charge in [0.25, 0.3) is 0 Å². The quantitative estimate of drug-likeness (QED) is 0.846. The standard InChI is InChI=1S/C13H17NO3/c1-13(2,3)12(17)14-10(11(15)16)9-7-5-4-6-8-9/h4-8,10H,1-3H3,(H,14,17)(H,15,16)/t10-/m1/s1/i1D3. The summed E-state index contributed by atoms with van der Waals surface area (Å²) in [5.41, 5.74) is -1.29. The van der Waals surface area contributed by atoms with E-state index in [1.807, 2.05) is 0 Å². The summed E-state index contributed by atoms with van der Waals surface area (Å²) in [6.45, 7) is 0.00923. The van der Waals surface area contributed by atoms with Crippen molar-refractivity contribution in [1.29, 1.82) is 0 Å². The molecule has 0 saturated carbocycles. The summed E-state index contributed by atoms with van der Waals surface area (Å²) in [7, 11) is 0. The van der Waals surface area contributed by atoms with Crippen molar-refractivity contribution in [2.24, 2.45) is 5.41 Å². The molecule has 1 aromatic rings. The lowest BCUT2D eigenvalue weighted by Crippen LogP contribution is -2.40. The fourth-order valence-electron chi connectivity index (χ4n) is 1.24. The van der Waals surface area contributed by atoms with Gasteiger partial charge >= 0.3 is 5.97 Å². The molecule has 0 radical (unpaired) electrons. The van der Waals surface area contributed by atoms with Crippen LogP contribution in [0.3, 0.4) is 0 Å². The average molecular weight is 238 g/mol. The second-order valence-electron chi connectivity index (χ2n) is 4.28. The number of carboxylic acid groups (broad SMARTS) is 1. The maximum absolute atomic E-state index is 12.1. The molecule has 0 heterocycles. The van der Waals surface area contributed by atoms with Gasteiger partial charge in [-0.15, -0.1) is 0 Å². The van der Waals surface area contributed by atoms with Crippen LogP contribution in [0.4, 0.5) is 0 Å². The molecule has 0 spiro atoms. The van der Waals surface area contributed by atoms with Crippen LogP contribution in [-0.2, 0) is 9.59 Å². The van der Waals surface area contributed by atoms with Gasteiger partial charge in [0.05, 0.1) is 0 Å². The molecule has 2 N–H and O–H groups in total. The van der Waals surface area contributed by atoms with Crippen molar-refractivity contribution in [2.45, 2.75) is 26.7 Å². The highest BCUT2D eigenvalue weighted by Gasteiger charge is 2.28. The Morgan fingerprint density at radius 1 is 1.35 bits per heavy atom. The number of nitrogens with one attached hydrogen (secondary N) is 1. The minimum absolute atomic E-state index is 0.384. The molecule has 17 heavy (non-hydrogen) atoms. The summed E-state index contributed by atoms with van der Waals surface area (Å²) in [6.07, 6.45) is 0. The zero-order valence-corrected chi connectivity index (χ0v) is 9.73. The Bertz CT molecular complexity index is 497. The molecule has 0 saturated heterocycles. The normalized spacial score (nSPS) is 16.2. The van der Waals surface area contributed by atoms with Gasteiger partial charge in [0.15, 0.2) is 6.04 Å². The molecule has 92 valence electrons. The molecular formula is C13H17NO3. The van der Waals surface area contributed by atoms with Crippen molar-refractivity contribution >= 4 is 11.9 Å². The largest absolute Gasteiger partial charge is 0.479 e. The summed E-state index contributed by atoms with van der Waals surface area (Å²) >= 11 is 0. The van der Waals surface area contributed by atoms with E-state index in [4.69, 9.17) is 4.11 Å². The number of rotatable bonds is 3. The van der Waals surface area contributed by atoms with Gasteiger partial charge in [0.2, 0.25) is 5.91 Å². The van der Waals surface area contributed by atoms with Crippen molar-refractivity contribution in [1.82, 2.24) is 5.32 Å². The maximum Gasteiger partial charge on any atom is 0.330 e. The molecule has 0 fully saturated rings. The van der Waals surface area contributed by atoms with E-state index in [1.165, 1.54) is 13.8 Å². The Morgan fingerprint density at radius 3 is 2.41 bits per heavy atom. The lowest BCUT2D eigenvalue weighted by molar-refractivity contribution is -0.143. The number of hydrogen-bond donors (Lipinski definition) is 2. The van der Waals surface area contributed by atoms with Crippen molar-refractivity contribution in [3.8, 4) is 0 Å². The summed E-state index contributed by atoms with van der Waals surface area (Å²) < 4.78 is 22.0. The molecule has 4 heteroatoms. The molecule has 4 nitrogen and oxygen atoms in total. The third-order valence-electron chi connectivity index (χ3n) is 2.22. The zero-order valence-electron chi connectivity index (χ0n) is 12.7. The van der Waals surface area contributed by atoms with Gasteiger partial charge in [-0.3, -0.25) is 4.79 Å². The Labute approximate surface area is 105 Å². The topological polar surface area (TPSA) is 66.4 Å². The van der Waals surface area contributed by atoms with Crippen LogP contribution in [0.2, 0.25) is 0 Å². The Balaban J connectivity index is 2.99. The van der Waals surface area contributed by atoms with E-state index in [9.17, 15) is 14.7 Å². The van der Waals surface area contributed by atoms with E-state index >= 15 is 0 Å². The first-order chi connectivity index (χ1) is 9.07. The number of amides is 1. The minimum Gasteiger partial charge on any atom is -0.479 e. The maximum atomic E-state index is 12.1. The van der Waals surface area contributed by atoms with Gasteiger partial charge in [-0.2, -0.15) is 0 Å². The van der Waals surface area contributed by atoms with Crippen LogP contribution in [0.5, 0.6) is 0 Å². The first kappa shape index (κ1) is 9.22. The van der Waals surface area contributed by atoms with Crippen LogP contribution in [0.25, 0.3) is 0 Å². The van der Waals surface area contributed by atoms with Crippen LogP contribution < -0.4 is 5.32 Å². The van der Waals surface area contributed by atoms with Crippen LogP contribution in [-0.4, -0.2) is 17.0 Å². The van der Waals surface area contributed by atoms with Crippen LogP contribution in [0.1, 0.15) is 36.4 Å². The lowest BCUT2D eigenvalue weighted by atomic mass is 9.94. The molecule has 0 aliphatic heterocycles. The Hall–Kier alpha value is -1.84. The van der Waals surface area contributed by atoms with Gasteiger partial charge in [0, 0.05) is 9.53 Å². The van der Waals surface area contributed by atoms with Gasteiger partial charge in [0.1, 0.15) is 0 Å². The van der Waals surface area contributed by atoms with Crippen molar-refractivity contribution in [3.63, 3.8) is 0 Å². The Kier molecular flexibility index (Phi) is 2.71. The minimum atomic E-state index is -2.52. The number of benzene rings is 1. The van der Waals surface area contributed by atoms with Crippen LogP contribution >= 0.6 is 0 Å². The zero-order chi connectivity index (χ0) is 15.6. The molecule has 0 aliphatic rings. The van der Waals surface area contributed by atoms with Gasteiger partial charge in [-0.25, -0.2) is 4.79 Å². The van der Waals surface area contributed by atoms with E-state index in [2.05, 4.69) is 5.32 Å². The van der Waals surface area contributed by atoms with Crippen molar-refractivity contribution < 1.29 is 18.8 Å². The molecule has 1 amide bonds. The predicted octanol–water partition coefficient (Wildman–Crippen LogP) is 1.97. The average Bonchev–Trinajstić information content (AvgIpc) is 2.34. The number of carbonyl (C=O) groups excluding carboxylic acids is 1. The summed E-state index contributed by atoms with van der Waals surface area (Å²) in [6, 6.07) is 6.85.